The van der Waals surface area contributed by atoms with Crippen LogP contribution in [0.3, 0.4) is 0 Å². The van der Waals surface area contributed by atoms with Crippen molar-refractivity contribution < 1.29 is 9.47 Å². The van der Waals surface area contributed by atoms with Gasteiger partial charge in [-0.3, -0.25) is 5.43 Å². The molecule has 4 rings (SSSR count). The molecule has 2 aromatic carbocycles. The molecule has 2 heterocycles. The van der Waals surface area contributed by atoms with Gasteiger partial charge in [0.2, 0.25) is 0 Å². The lowest BCUT2D eigenvalue weighted by molar-refractivity contribution is 0.355. The van der Waals surface area contributed by atoms with E-state index in [0.717, 1.165) is 33.9 Å². The number of nitrogens with one attached hydrogen (secondary N) is 2. The maximum Gasteiger partial charge on any atom is 0.173 e. The van der Waals surface area contributed by atoms with Crippen molar-refractivity contribution in [3.63, 3.8) is 0 Å². The number of benzene rings is 2. The fraction of sp³-hybridized carbons (Fsp3) is 0.158. The first-order chi connectivity index (χ1) is 12.6. The highest BCUT2D eigenvalue weighted by molar-refractivity contribution is 6.36. The van der Waals surface area contributed by atoms with Crippen molar-refractivity contribution >= 4 is 28.8 Å². The minimum Gasteiger partial charge on any atom is -0.493 e. The van der Waals surface area contributed by atoms with E-state index in [1.54, 1.807) is 14.2 Å². The minimum absolute atomic E-state index is 0.601. The summed E-state index contributed by atoms with van der Waals surface area (Å²) in [6.07, 6.45) is 0. The van der Waals surface area contributed by atoms with Crippen molar-refractivity contribution in [2.45, 2.75) is 6.92 Å². The molecule has 2 aromatic rings. The quantitative estimate of drug-likeness (QED) is 0.869. The number of nitrogens with zero attached hydrogens (tertiary/aromatic N) is 2. The Labute approximate surface area is 156 Å². The summed E-state index contributed by atoms with van der Waals surface area (Å²) < 4.78 is 10.9. The van der Waals surface area contributed by atoms with Gasteiger partial charge in [0, 0.05) is 22.2 Å². The molecule has 0 saturated carbocycles. The summed E-state index contributed by atoms with van der Waals surface area (Å²) in [5, 5.41) is 0.618. The number of allylic oxidation sites excluding steroid dienone is 1. The third-order valence-corrected chi connectivity index (χ3v) is 4.62. The first-order valence-electron chi connectivity index (χ1n) is 8.04. The number of hydrogen-bond donors (Lipinski definition) is 2. The van der Waals surface area contributed by atoms with Crippen molar-refractivity contribution in [1.29, 1.82) is 0 Å². The molecule has 0 radical (unpaired) electrons. The van der Waals surface area contributed by atoms with Crippen LogP contribution in [0.25, 0.3) is 0 Å². The summed E-state index contributed by atoms with van der Waals surface area (Å²) in [5.74, 6) is 1.86. The van der Waals surface area contributed by atoms with Gasteiger partial charge in [-0.1, -0.05) is 29.8 Å². The zero-order valence-corrected chi connectivity index (χ0v) is 15.3. The number of aliphatic imine (C=N–C) groups is 2. The summed E-state index contributed by atoms with van der Waals surface area (Å²) in [4.78, 5) is 9.61. The van der Waals surface area contributed by atoms with Gasteiger partial charge in [-0.25, -0.2) is 9.98 Å². The lowest BCUT2D eigenvalue weighted by atomic mass is 10.00. The van der Waals surface area contributed by atoms with Crippen LogP contribution in [0.4, 0.5) is 5.69 Å². The highest BCUT2D eigenvalue weighted by Gasteiger charge is 2.26. The molecule has 0 atom stereocenters. The molecule has 2 aliphatic heterocycles. The summed E-state index contributed by atoms with van der Waals surface area (Å²) in [6, 6.07) is 11.3. The van der Waals surface area contributed by atoms with Gasteiger partial charge in [-0.05, 0) is 19.1 Å². The number of halogens is 1. The Morgan fingerprint density at radius 2 is 1.65 bits per heavy atom. The second-order valence-electron chi connectivity index (χ2n) is 5.85. The standard InChI is InChI=1S/C19H17ClN4O2/c1-10-17-19(24-23-10)21-14-9-16(26-3)15(25-2)8-12(14)18(22-17)11-6-4-5-7-13(11)20/h4-9H,1-3H3,(H2,21,23,24). The second-order valence-corrected chi connectivity index (χ2v) is 6.26. The van der Waals surface area contributed by atoms with Crippen LogP contribution in [0, 0.1) is 0 Å². The van der Waals surface area contributed by atoms with E-state index in [1.165, 1.54) is 0 Å². The lowest BCUT2D eigenvalue weighted by Gasteiger charge is -2.14. The number of hydrazine groups is 1. The van der Waals surface area contributed by atoms with Crippen LogP contribution in [0.2, 0.25) is 5.02 Å². The van der Waals surface area contributed by atoms with E-state index in [9.17, 15) is 0 Å². The lowest BCUT2D eigenvalue weighted by Crippen LogP contribution is -2.27. The number of fused-ring (bicyclic) bond motifs is 2. The van der Waals surface area contributed by atoms with Crippen LogP contribution in [-0.2, 0) is 0 Å². The largest absolute Gasteiger partial charge is 0.493 e. The maximum absolute atomic E-state index is 6.47. The molecule has 0 unspecified atom stereocenters. The van der Waals surface area contributed by atoms with Crippen molar-refractivity contribution in [1.82, 2.24) is 10.9 Å². The van der Waals surface area contributed by atoms with Crippen molar-refractivity contribution in [3.05, 3.63) is 63.9 Å². The van der Waals surface area contributed by atoms with Gasteiger partial charge in [0.05, 0.1) is 31.3 Å². The molecule has 26 heavy (non-hydrogen) atoms. The van der Waals surface area contributed by atoms with Crippen molar-refractivity contribution in [2.75, 3.05) is 14.2 Å². The summed E-state index contributed by atoms with van der Waals surface area (Å²) in [6.45, 7) is 1.94. The Balaban J connectivity index is 2.04. The van der Waals surface area contributed by atoms with Gasteiger partial charge in [-0.15, -0.1) is 0 Å². The molecule has 2 N–H and O–H groups in total. The van der Waals surface area contributed by atoms with E-state index >= 15 is 0 Å². The number of hydrogen-bond acceptors (Lipinski definition) is 6. The average Bonchev–Trinajstić information content (AvgIpc) is 2.91. The van der Waals surface area contributed by atoms with E-state index in [4.69, 9.17) is 31.1 Å². The Hall–Kier alpha value is -2.99. The predicted molar refractivity (Wildman–Crippen MR) is 103 cm³/mol. The van der Waals surface area contributed by atoms with E-state index < -0.39 is 0 Å². The molecule has 0 saturated heterocycles. The molecular weight excluding hydrogens is 352 g/mol. The van der Waals surface area contributed by atoms with Crippen LogP contribution in [0.1, 0.15) is 18.1 Å². The summed E-state index contributed by atoms with van der Waals surface area (Å²) >= 11 is 6.47. The van der Waals surface area contributed by atoms with Gasteiger partial charge in [0.25, 0.3) is 0 Å². The normalized spacial score (nSPS) is 15.1. The summed E-state index contributed by atoms with van der Waals surface area (Å²) in [5.41, 5.74) is 10.8. The van der Waals surface area contributed by atoms with Crippen molar-refractivity contribution in [2.24, 2.45) is 9.98 Å². The second kappa shape index (κ2) is 6.38. The smallest absolute Gasteiger partial charge is 0.173 e. The Bertz CT molecular complexity index is 995. The van der Waals surface area contributed by atoms with Gasteiger partial charge in [0.15, 0.2) is 17.3 Å². The number of ether oxygens (including phenoxy) is 2. The number of amidine groups is 1. The zero-order chi connectivity index (χ0) is 18.3. The molecule has 7 heteroatoms. The predicted octanol–water partition coefficient (Wildman–Crippen LogP) is 3.58. The molecule has 0 fully saturated rings. The molecular formula is C19H17ClN4O2. The van der Waals surface area contributed by atoms with Crippen molar-refractivity contribution in [3.8, 4) is 11.5 Å². The van der Waals surface area contributed by atoms with Gasteiger partial charge < -0.3 is 14.9 Å². The van der Waals surface area contributed by atoms with Crippen LogP contribution in [-0.4, -0.2) is 25.8 Å². The molecule has 0 bridgehead atoms. The third-order valence-electron chi connectivity index (χ3n) is 4.29. The van der Waals surface area contributed by atoms with Crippen LogP contribution < -0.4 is 20.3 Å². The molecule has 6 nitrogen and oxygen atoms in total. The Morgan fingerprint density at radius 3 is 2.38 bits per heavy atom. The molecule has 0 aliphatic carbocycles. The topological polar surface area (TPSA) is 67.2 Å². The minimum atomic E-state index is 0.601. The Kier molecular flexibility index (Phi) is 4.05. The molecule has 0 spiro atoms. The highest BCUT2D eigenvalue weighted by Crippen LogP contribution is 2.39. The zero-order valence-electron chi connectivity index (χ0n) is 14.6. The van der Waals surface area contributed by atoms with E-state index in [0.29, 0.717) is 22.4 Å². The van der Waals surface area contributed by atoms with E-state index in [-0.39, 0.29) is 0 Å². The van der Waals surface area contributed by atoms with E-state index in [2.05, 4.69) is 10.9 Å². The van der Waals surface area contributed by atoms with Gasteiger partial charge in [0.1, 0.15) is 5.70 Å². The highest BCUT2D eigenvalue weighted by atomic mass is 35.5. The van der Waals surface area contributed by atoms with Crippen LogP contribution in [0.5, 0.6) is 11.5 Å². The average molecular weight is 369 g/mol. The SMILES string of the molecule is COc1cc2c(cc1OC)C(c1ccccc1Cl)=NC1=C(C)NNC1=N2. The molecule has 132 valence electrons. The summed E-state index contributed by atoms with van der Waals surface area (Å²) in [7, 11) is 3.20. The van der Waals surface area contributed by atoms with Crippen LogP contribution >= 0.6 is 11.6 Å². The fourth-order valence-corrected chi connectivity index (χ4v) is 3.19. The number of methoxy groups -OCH3 is 2. The Morgan fingerprint density at radius 1 is 0.923 bits per heavy atom. The van der Waals surface area contributed by atoms with Gasteiger partial charge in [-0.2, -0.15) is 0 Å². The third kappa shape index (κ3) is 2.59. The van der Waals surface area contributed by atoms with E-state index in [1.807, 2.05) is 43.3 Å². The molecule has 0 amide bonds. The molecule has 0 aromatic heterocycles. The monoisotopic (exact) mass is 368 g/mol. The van der Waals surface area contributed by atoms with Crippen LogP contribution in [0.15, 0.2) is 57.8 Å². The number of rotatable bonds is 3. The maximum atomic E-state index is 6.47. The fourth-order valence-electron chi connectivity index (χ4n) is 2.97. The first kappa shape index (κ1) is 16.5. The molecule has 2 aliphatic rings. The van der Waals surface area contributed by atoms with Gasteiger partial charge >= 0.3 is 0 Å². The first-order valence-corrected chi connectivity index (χ1v) is 8.42.